The summed E-state index contributed by atoms with van der Waals surface area (Å²) in [6, 6.07) is 18.9. The third-order valence-corrected chi connectivity index (χ3v) is 5.66. The van der Waals surface area contributed by atoms with Crippen LogP contribution in [0.4, 0.5) is 0 Å². The summed E-state index contributed by atoms with van der Waals surface area (Å²) in [5.41, 5.74) is 1.58. The van der Waals surface area contributed by atoms with Gasteiger partial charge in [0.25, 0.3) is 0 Å². The van der Waals surface area contributed by atoms with E-state index >= 15 is 0 Å². The van der Waals surface area contributed by atoms with E-state index in [0.717, 1.165) is 12.0 Å². The molecule has 0 radical (unpaired) electrons. The Kier molecular flexibility index (Phi) is 8.64. The Morgan fingerprint density at radius 3 is 2.26 bits per heavy atom. The molecule has 0 amide bonds. The maximum Gasteiger partial charge on any atom is 0.338 e. The molecule has 1 saturated heterocycles. The van der Waals surface area contributed by atoms with Gasteiger partial charge >= 0.3 is 5.97 Å². The second kappa shape index (κ2) is 11.4. The van der Waals surface area contributed by atoms with Gasteiger partial charge in [0.1, 0.15) is 18.3 Å². The van der Waals surface area contributed by atoms with Crippen LogP contribution in [-0.2, 0) is 20.8 Å². The molecule has 168 valence electrons. The Bertz CT molecular complexity index is 792. The molecule has 3 rings (SSSR count). The minimum absolute atomic E-state index is 0.284. The lowest BCUT2D eigenvalue weighted by atomic mass is 9.97. The van der Waals surface area contributed by atoms with Crippen LogP contribution in [0.1, 0.15) is 56.0 Å². The van der Waals surface area contributed by atoms with Crippen molar-refractivity contribution in [3.8, 4) is 0 Å². The fraction of sp³-hybridized carbons (Fsp3) is 0.500. The predicted molar refractivity (Wildman–Crippen MR) is 120 cm³/mol. The molecule has 0 saturated carbocycles. The number of esters is 1. The van der Waals surface area contributed by atoms with Gasteiger partial charge in [-0.1, -0.05) is 69.3 Å². The zero-order chi connectivity index (χ0) is 22.2. The highest BCUT2D eigenvalue weighted by atomic mass is 16.6. The van der Waals surface area contributed by atoms with E-state index in [1.54, 1.807) is 12.1 Å². The summed E-state index contributed by atoms with van der Waals surface area (Å²) in [6.07, 6.45) is -0.209. The van der Waals surface area contributed by atoms with Crippen LogP contribution in [-0.4, -0.2) is 41.6 Å². The molecule has 2 aromatic rings. The lowest BCUT2D eigenvalue weighted by Gasteiger charge is -2.25. The highest BCUT2D eigenvalue weighted by Gasteiger charge is 2.45. The largest absolute Gasteiger partial charge is 0.459 e. The topological polar surface area (TPSA) is 65.0 Å². The van der Waals surface area contributed by atoms with Crippen LogP contribution in [0.2, 0.25) is 0 Å². The monoisotopic (exact) mass is 426 g/mol. The number of ether oxygens (including phenoxy) is 3. The number of rotatable bonds is 10. The standard InChI is InChI=1S/C26H34O5/c1-4-21(30-26(28)20-13-9-6-10-14-20)16-23-25(24(27)22(31-23)15-18(2)3)29-17-19-11-7-5-8-12-19/h5-14,18,21-25,27H,4,15-17H2,1-3H3/t21?,22?,23?,24-,25?/m0/s1. The third kappa shape index (κ3) is 6.63. The van der Waals surface area contributed by atoms with Crippen molar-refractivity contribution in [1.29, 1.82) is 0 Å². The van der Waals surface area contributed by atoms with Crippen molar-refractivity contribution < 1.29 is 24.1 Å². The van der Waals surface area contributed by atoms with Gasteiger partial charge in [0.2, 0.25) is 0 Å². The van der Waals surface area contributed by atoms with Crippen LogP contribution < -0.4 is 0 Å². The Balaban J connectivity index is 1.67. The molecule has 0 spiro atoms. The van der Waals surface area contributed by atoms with Gasteiger partial charge in [-0.3, -0.25) is 0 Å². The van der Waals surface area contributed by atoms with Crippen molar-refractivity contribution in [3.05, 3.63) is 71.8 Å². The number of aliphatic hydroxyl groups excluding tert-OH is 1. The summed E-state index contributed by atoms with van der Waals surface area (Å²) in [5.74, 6) is 0.0533. The van der Waals surface area contributed by atoms with Gasteiger partial charge in [-0.05, 0) is 36.5 Å². The van der Waals surface area contributed by atoms with E-state index in [2.05, 4.69) is 13.8 Å². The van der Waals surface area contributed by atoms with E-state index in [9.17, 15) is 9.90 Å². The summed E-state index contributed by atoms with van der Waals surface area (Å²) < 4.78 is 18.1. The van der Waals surface area contributed by atoms with Crippen molar-refractivity contribution in [1.82, 2.24) is 0 Å². The number of aliphatic hydroxyl groups is 1. The van der Waals surface area contributed by atoms with Crippen LogP contribution in [0.15, 0.2) is 60.7 Å². The Morgan fingerprint density at radius 2 is 1.65 bits per heavy atom. The average Bonchev–Trinajstić information content (AvgIpc) is 3.06. The first-order valence-corrected chi connectivity index (χ1v) is 11.2. The molecule has 5 heteroatoms. The molecule has 1 N–H and O–H groups in total. The van der Waals surface area contributed by atoms with Gasteiger partial charge in [0, 0.05) is 6.42 Å². The second-order valence-corrected chi connectivity index (χ2v) is 8.63. The van der Waals surface area contributed by atoms with E-state index in [0.29, 0.717) is 30.9 Å². The molecule has 1 fully saturated rings. The van der Waals surface area contributed by atoms with E-state index in [4.69, 9.17) is 14.2 Å². The summed E-state index contributed by atoms with van der Waals surface area (Å²) >= 11 is 0. The van der Waals surface area contributed by atoms with Crippen molar-refractivity contribution in [2.45, 2.75) is 77.2 Å². The molecule has 0 aliphatic carbocycles. The van der Waals surface area contributed by atoms with Crippen LogP contribution in [0.3, 0.4) is 0 Å². The zero-order valence-electron chi connectivity index (χ0n) is 18.6. The van der Waals surface area contributed by atoms with Crippen molar-refractivity contribution in [2.24, 2.45) is 5.92 Å². The number of hydrogen-bond acceptors (Lipinski definition) is 5. The van der Waals surface area contributed by atoms with Crippen molar-refractivity contribution >= 4 is 5.97 Å². The number of hydrogen-bond donors (Lipinski definition) is 1. The van der Waals surface area contributed by atoms with Crippen LogP contribution in [0.5, 0.6) is 0 Å². The molecular formula is C26H34O5. The lowest BCUT2D eigenvalue weighted by molar-refractivity contribution is -0.0627. The molecule has 0 aromatic heterocycles. The van der Waals surface area contributed by atoms with Gasteiger partial charge < -0.3 is 19.3 Å². The van der Waals surface area contributed by atoms with Crippen LogP contribution in [0.25, 0.3) is 0 Å². The first-order valence-electron chi connectivity index (χ1n) is 11.2. The second-order valence-electron chi connectivity index (χ2n) is 8.63. The maximum atomic E-state index is 12.5. The van der Waals surface area contributed by atoms with Gasteiger partial charge in [-0.25, -0.2) is 4.79 Å². The van der Waals surface area contributed by atoms with E-state index in [1.807, 2.05) is 55.5 Å². The van der Waals surface area contributed by atoms with E-state index < -0.39 is 12.2 Å². The Labute approximate surface area is 185 Å². The predicted octanol–water partition coefficient (Wildman–Crippen LogP) is 4.77. The Hall–Kier alpha value is -2.21. The molecule has 1 aliphatic rings. The number of carbonyl (C=O) groups is 1. The van der Waals surface area contributed by atoms with Crippen LogP contribution in [0, 0.1) is 5.92 Å². The quantitative estimate of drug-likeness (QED) is 0.554. The summed E-state index contributed by atoms with van der Waals surface area (Å²) in [5, 5.41) is 10.9. The summed E-state index contributed by atoms with van der Waals surface area (Å²) in [4.78, 5) is 12.5. The SMILES string of the molecule is CCC(CC1OC(CC(C)C)[C@H](O)C1OCc1ccccc1)OC(=O)c1ccccc1. The van der Waals surface area contributed by atoms with E-state index in [-0.39, 0.29) is 24.3 Å². The molecule has 31 heavy (non-hydrogen) atoms. The van der Waals surface area contributed by atoms with Gasteiger partial charge in [-0.15, -0.1) is 0 Å². The average molecular weight is 427 g/mol. The molecule has 4 unspecified atom stereocenters. The normalized spacial score (nSPS) is 24.3. The van der Waals surface area contributed by atoms with Crippen molar-refractivity contribution in [2.75, 3.05) is 0 Å². The molecule has 5 nitrogen and oxygen atoms in total. The molecule has 1 aliphatic heterocycles. The number of carbonyl (C=O) groups excluding carboxylic acids is 1. The third-order valence-electron chi connectivity index (χ3n) is 5.66. The minimum Gasteiger partial charge on any atom is -0.459 e. The van der Waals surface area contributed by atoms with Gasteiger partial charge in [0.15, 0.2) is 0 Å². The first-order chi connectivity index (χ1) is 15.0. The van der Waals surface area contributed by atoms with Crippen molar-refractivity contribution in [3.63, 3.8) is 0 Å². The van der Waals surface area contributed by atoms with Crippen LogP contribution >= 0.6 is 0 Å². The smallest absolute Gasteiger partial charge is 0.338 e. The molecule has 2 aromatic carbocycles. The summed E-state index contributed by atoms with van der Waals surface area (Å²) in [7, 11) is 0. The maximum absolute atomic E-state index is 12.5. The highest BCUT2D eigenvalue weighted by Crippen LogP contribution is 2.32. The summed E-state index contributed by atoms with van der Waals surface area (Å²) in [6.45, 7) is 6.61. The molecule has 5 atom stereocenters. The molecular weight excluding hydrogens is 392 g/mol. The first kappa shape index (κ1) is 23.5. The van der Waals surface area contributed by atoms with Gasteiger partial charge in [-0.2, -0.15) is 0 Å². The molecule has 0 bridgehead atoms. The van der Waals surface area contributed by atoms with E-state index in [1.165, 1.54) is 0 Å². The molecule has 1 heterocycles. The fourth-order valence-electron chi connectivity index (χ4n) is 3.99. The number of benzene rings is 2. The van der Waals surface area contributed by atoms with Gasteiger partial charge in [0.05, 0.1) is 24.4 Å². The fourth-order valence-corrected chi connectivity index (χ4v) is 3.99. The highest BCUT2D eigenvalue weighted by molar-refractivity contribution is 5.89. The Morgan fingerprint density at radius 1 is 1.00 bits per heavy atom. The lowest BCUT2D eigenvalue weighted by Crippen LogP contribution is -2.37. The minimum atomic E-state index is -0.710. The zero-order valence-corrected chi connectivity index (χ0v) is 18.6.